The number of nitrogens with zero attached hydrogens (tertiary/aromatic N) is 4. The van der Waals surface area contributed by atoms with Crippen molar-refractivity contribution in [3.05, 3.63) is 197 Å². The second kappa shape index (κ2) is 19.1. The van der Waals surface area contributed by atoms with Crippen molar-refractivity contribution in [2.75, 3.05) is 4.90 Å². The number of benzene rings is 7. The number of anilines is 3. The van der Waals surface area contributed by atoms with Crippen LogP contribution in [0, 0.1) is 31.8 Å². The number of fused-ring (bicyclic) bond motifs is 9. The molecule has 6 heterocycles. The molecular formula is C70H66BFIrN4S-2. The van der Waals surface area contributed by atoms with Crippen LogP contribution < -0.4 is 21.3 Å². The summed E-state index contributed by atoms with van der Waals surface area (Å²) in [6.07, 6.45) is 3.78. The Balaban J connectivity index is 0.000000349. The van der Waals surface area contributed by atoms with Crippen LogP contribution in [-0.4, -0.2) is 21.2 Å². The topological polar surface area (TPSA) is 34.0 Å². The molecule has 4 nitrogen and oxygen atoms in total. The summed E-state index contributed by atoms with van der Waals surface area (Å²) in [6.45, 7) is 32.3. The predicted molar refractivity (Wildman–Crippen MR) is 324 cm³/mol. The molecule has 13 rings (SSSR count). The molecule has 0 spiro atoms. The Morgan fingerprint density at radius 2 is 1.18 bits per heavy atom. The number of rotatable bonds is 3. The summed E-state index contributed by atoms with van der Waals surface area (Å²) in [4.78, 5) is 14.4. The molecule has 3 aliphatic rings. The van der Waals surface area contributed by atoms with Crippen LogP contribution in [0.3, 0.4) is 0 Å². The molecule has 7 aromatic carbocycles. The number of hydrogen-bond acceptors (Lipinski definition) is 4. The van der Waals surface area contributed by atoms with Gasteiger partial charge in [-0.3, -0.25) is 4.39 Å². The average Bonchev–Trinajstić information content (AvgIpc) is 3.86. The smallest absolute Gasteiger partial charge is 0.252 e. The molecule has 0 amide bonds. The van der Waals surface area contributed by atoms with Crippen molar-refractivity contribution < 1.29 is 24.5 Å². The summed E-state index contributed by atoms with van der Waals surface area (Å²) in [5.41, 5.74) is 25.5. The second-order valence-electron chi connectivity index (χ2n) is 25.7. The normalized spacial score (nSPS) is 13.4. The minimum Gasteiger partial charge on any atom is -0.310 e. The van der Waals surface area contributed by atoms with Crippen LogP contribution in [0.25, 0.3) is 61.1 Å². The van der Waals surface area contributed by atoms with E-state index in [1.54, 1.807) is 6.07 Å². The number of aryl methyl sites for hydroxylation is 2. The van der Waals surface area contributed by atoms with Crippen LogP contribution in [0.2, 0.25) is 0 Å². The summed E-state index contributed by atoms with van der Waals surface area (Å²) >= 11 is 1.95. The van der Waals surface area contributed by atoms with E-state index >= 15 is 0 Å². The molecule has 78 heavy (non-hydrogen) atoms. The van der Waals surface area contributed by atoms with Gasteiger partial charge in [-0.05, 0) is 157 Å². The molecule has 0 fully saturated rings. The molecule has 3 aromatic heterocycles. The Bertz CT molecular complexity index is 4040. The zero-order valence-corrected chi connectivity index (χ0v) is 50.6. The molecule has 393 valence electrons. The van der Waals surface area contributed by atoms with Crippen LogP contribution in [0.15, 0.2) is 156 Å². The van der Waals surface area contributed by atoms with Gasteiger partial charge in [0.15, 0.2) is 0 Å². The Hall–Kier alpha value is -6.57. The molecule has 0 unspecified atom stereocenters. The van der Waals surface area contributed by atoms with Crippen molar-refractivity contribution in [3.63, 3.8) is 0 Å². The largest absolute Gasteiger partial charge is 0.310 e. The summed E-state index contributed by atoms with van der Waals surface area (Å²) in [6, 6.07) is 54.9. The van der Waals surface area contributed by atoms with E-state index in [0.29, 0.717) is 0 Å². The molecule has 1 radical (unpaired) electrons. The Kier molecular flexibility index (Phi) is 13.1. The third-order valence-electron chi connectivity index (χ3n) is 16.1. The first-order valence-corrected chi connectivity index (χ1v) is 27.9. The fraction of sp³-hybridized carbons (Fsp3) is 0.257. The molecule has 10 aromatic rings. The third kappa shape index (κ3) is 9.16. The predicted octanol–water partition coefficient (Wildman–Crippen LogP) is 16.9. The summed E-state index contributed by atoms with van der Waals surface area (Å²) in [5.74, 6) is -0.275. The van der Waals surface area contributed by atoms with Gasteiger partial charge in [0.2, 0.25) is 0 Å². The van der Waals surface area contributed by atoms with Crippen molar-refractivity contribution in [2.24, 2.45) is 0 Å². The number of aromatic nitrogens is 3. The van der Waals surface area contributed by atoms with E-state index in [9.17, 15) is 4.39 Å². The molecule has 3 aliphatic heterocycles. The van der Waals surface area contributed by atoms with E-state index in [1.165, 1.54) is 116 Å². The van der Waals surface area contributed by atoms with Crippen molar-refractivity contribution in [1.29, 1.82) is 0 Å². The quantitative estimate of drug-likeness (QED) is 0.130. The maximum Gasteiger partial charge on any atom is 0.252 e. The van der Waals surface area contributed by atoms with E-state index in [4.69, 9.17) is 4.98 Å². The minimum atomic E-state index is -0.275. The molecule has 0 atom stereocenters. The second-order valence-corrected chi connectivity index (χ2v) is 26.8. The standard InChI is InChI=1S/C57H55BN3S.C13H11FN.Ir/c1-54(2,3)36-18-20-45-40(27-36)41-28-38(56(7,8)9)29-42-52(41)60(45)47-25-35(34-22-23-59-44(24-34)33-16-14-13-15-17-33)26-48-51(47)58(42)43-30-39(57(10,11)12)32-50-53(43)61(48)46-21-19-37(55(4,5)6)31-49(46)62-50;1-9-7-13(15-8-10(9)2)11-3-5-12(14)6-4-11;/h13-16,18-32H,1-12H3;3,5-8H,1-2H3;/q2*-1;. The SMILES string of the molecule is CC(C)(C)c1ccc2c(c1)Sc1cc(C(C)(C)C)cc3c1N2c1cc(-c2ccnc(-c4[c-]cccc4)c2)cc2c1B3c1cc(C(C)(C)C)cc3c4cc(C(C)(C)C)ccc4n-2c13.Cc1cnc(-c2[c-]cc(F)cc2)cc1C.[Ir]. The van der Waals surface area contributed by atoms with Crippen molar-refractivity contribution in [2.45, 2.75) is 128 Å². The average molecular weight is 1220 g/mol. The van der Waals surface area contributed by atoms with E-state index in [1.807, 2.05) is 56.2 Å². The fourth-order valence-electron chi connectivity index (χ4n) is 11.5. The van der Waals surface area contributed by atoms with Crippen LogP contribution in [0.1, 0.15) is 116 Å². The van der Waals surface area contributed by atoms with E-state index in [0.717, 1.165) is 33.6 Å². The number of halogens is 1. The van der Waals surface area contributed by atoms with Crippen molar-refractivity contribution in [1.82, 2.24) is 14.5 Å². The maximum absolute atomic E-state index is 12.7. The molecule has 0 saturated carbocycles. The van der Waals surface area contributed by atoms with Gasteiger partial charge in [0.25, 0.3) is 6.71 Å². The van der Waals surface area contributed by atoms with Crippen LogP contribution in [0.5, 0.6) is 0 Å². The van der Waals surface area contributed by atoms with Crippen molar-refractivity contribution in [3.8, 4) is 39.3 Å². The Morgan fingerprint density at radius 1 is 0.538 bits per heavy atom. The summed E-state index contributed by atoms with van der Waals surface area (Å²) < 4.78 is 15.3. The van der Waals surface area contributed by atoms with Gasteiger partial charge >= 0.3 is 0 Å². The third-order valence-corrected chi connectivity index (χ3v) is 17.2. The van der Waals surface area contributed by atoms with E-state index in [2.05, 4.69) is 207 Å². The molecule has 0 saturated heterocycles. The van der Waals surface area contributed by atoms with Gasteiger partial charge in [0.05, 0.1) is 16.9 Å². The number of pyridine rings is 2. The molecule has 0 N–H and O–H groups in total. The van der Waals surface area contributed by atoms with Gasteiger partial charge in [-0.2, -0.15) is 0 Å². The Labute approximate surface area is 479 Å². The molecular weight excluding hydrogens is 1150 g/mol. The fourth-order valence-corrected chi connectivity index (χ4v) is 12.6. The van der Waals surface area contributed by atoms with Crippen LogP contribution >= 0.6 is 11.8 Å². The monoisotopic (exact) mass is 1220 g/mol. The van der Waals surface area contributed by atoms with Gasteiger partial charge < -0.3 is 19.4 Å². The minimum absolute atomic E-state index is 0. The zero-order chi connectivity index (χ0) is 54.2. The van der Waals surface area contributed by atoms with Gasteiger partial charge in [0, 0.05) is 75.8 Å². The van der Waals surface area contributed by atoms with E-state index < -0.39 is 0 Å². The summed E-state index contributed by atoms with van der Waals surface area (Å²) in [5, 5.41) is 2.67. The van der Waals surface area contributed by atoms with Gasteiger partial charge in [-0.1, -0.05) is 137 Å². The van der Waals surface area contributed by atoms with Gasteiger partial charge in [-0.25, -0.2) is 0 Å². The van der Waals surface area contributed by atoms with Crippen LogP contribution in [-0.2, 0) is 41.8 Å². The van der Waals surface area contributed by atoms with E-state index in [-0.39, 0.29) is 54.3 Å². The van der Waals surface area contributed by atoms with Gasteiger partial charge in [-0.15, -0.1) is 65.7 Å². The first-order valence-electron chi connectivity index (χ1n) is 27.1. The molecule has 0 aliphatic carbocycles. The maximum atomic E-state index is 12.7. The van der Waals surface area contributed by atoms with Crippen molar-refractivity contribution >= 4 is 73.7 Å². The number of hydrogen-bond donors (Lipinski definition) is 0. The summed E-state index contributed by atoms with van der Waals surface area (Å²) in [7, 11) is 0. The molecule has 8 heteroatoms. The van der Waals surface area contributed by atoms with Crippen LogP contribution in [0.4, 0.5) is 21.5 Å². The Morgan fingerprint density at radius 3 is 1.86 bits per heavy atom. The first kappa shape index (κ1) is 53.4. The molecule has 0 bridgehead atoms. The first-order chi connectivity index (χ1) is 36.4. The zero-order valence-electron chi connectivity index (χ0n) is 47.3. The van der Waals surface area contributed by atoms with Gasteiger partial charge in [0.1, 0.15) is 0 Å².